The van der Waals surface area contributed by atoms with Gasteiger partial charge >= 0.3 is 0 Å². The molecule has 19 heavy (non-hydrogen) atoms. The summed E-state index contributed by atoms with van der Waals surface area (Å²) >= 11 is 0. The van der Waals surface area contributed by atoms with E-state index in [2.05, 4.69) is 19.2 Å². The molecule has 0 amide bonds. The minimum atomic E-state index is 0.665. The Balaban J connectivity index is 2.20. The summed E-state index contributed by atoms with van der Waals surface area (Å²) in [4.78, 5) is 0. The van der Waals surface area contributed by atoms with E-state index < -0.39 is 0 Å². The molecule has 1 aliphatic rings. The van der Waals surface area contributed by atoms with Crippen molar-refractivity contribution in [3.05, 3.63) is 0 Å². The first-order valence-electron chi connectivity index (χ1n) is 9.04. The van der Waals surface area contributed by atoms with Crippen molar-refractivity contribution in [3.63, 3.8) is 0 Å². The quantitative estimate of drug-likeness (QED) is 0.474. The summed E-state index contributed by atoms with van der Waals surface area (Å²) in [5, 5.41) is 3.71. The lowest BCUT2D eigenvalue weighted by Gasteiger charge is -2.38. The summed E-state index contributed by atoms with van der Waals surface area (Å²) < 4.78 is 0. The molecule has 0 aromatic carbocycles. The smallest absolute Gasteiger partial charge is 0.000780 e. The maximum atomic E-state index is 3.71. The summed E-state index contributed by atoms with van der Waals surface area (Å²) in [5.74, 6) is 0. The van der Waals surface area contributed by atoms with E-state index in [-0.39, 0.29) is 0 Å². The van der Waals surface area contributed by atoms with Gasteiger partial charge in [0, 0.05) is 6.54 Å². The zero-order chi connectivity index (χ0) is 13.8. The van der Waals surface area contributed by atoms with Crippen molar-refractivity contribution in [2.24, 2.45) is 5.41 Å². The van der Waals surface area contributed by atoms with Crippen molar-refractivity contribution in [1.82, 2.24) is 5.32 Å². The summed E-state index contributed by atoms with van der Waals surface area (Å²) in [6, 6.07) is 0. The van der Waals surface area contributed by atoms with E-state index in [1.165, 1.54) is 96.6 Å². The summed E-state index contributed by atoms with van der Waals surface area (Å²) in [6.45, 7) is 7.07. The fourth-order valence-electron chi connectivity index (χ4n) is 3.63. The highest BCUT2D eigenvalue weighted by molar-refractivity contribution is 4.84. The Labute approximate surface area is 121 Å². The third kappa shape index (κ3) is 7.34. The van der Waals surface area contributed by atoms with Crippen molar-refractivity contribution in [2.45, 2.75) is 97.3 Å². The van der Waals surface area contributed by atoms with Gasteiger partial charge in [0.1, 0.15) is 0 Å². The van der Waals surface area contributed by atoms with Crippen molar-refractivity contribution >= 4 is 0 Å². The third-order valence-corrected chi connectivity index (χ3v) is 4.90. The Morgan fingerprint density at radius 3 is 2.16 bits per heavy atom. The van der Waals surface area contributed by atoms with Gasteiger partial charge in [-0.2, -0.15) is 0 Å². The van der Waals surface area contributed by atoms with Crippen molar-refractivity contribution in [1.29, 1.82) is 0 Å². The van der Waals surface area contributed by atoms with Gasteiger partial charge in [0.25, 0.3) is 0 Å². The van der Waals surface area contributed by atoms with Crippen LogP contribution in [0.25, 0.3) is 0 Å². The Kier molecular flexibility index (Phi) is 9.59. The molecule has 0 spiro atoms. The lowest BCUT2D eigenvalue weighted by Crippen LogP contribution is -2.36. The number of rotatable bonds is 11. The van der Waals surface area contributed by atoms with Gasteiger partial charge in [0.15, 0.2) is 0 Å². The zero-order valence-corrected chi connectivity index (χ0v) is 13.6. The van der Waals surface area contributed by atoms with Crippen LogP contribution in [0, 0.1) is 5.41 Å². The van der Waals surface area contributed by atoms with Gasteiger partial charge in [-0.1, -0.05) is 71.6 Å². The molecule has 1 aliphatic carbocycles. The molecular formula is C18H37N. The lowest BCUT2D eigenvalue weighted by molar-refractivity contribution is 0.161. The van der Waals surface area contributed by atoms with Crippen molar-refractivity contribution < 1.29 is 0 Å². The molecule has 0 atom stereocenters. The van der Waals surface area contributed by atoms with Gasteiger partial charge in [-0.25, -0.2) is 0 Å². The van der Waals surface area contributed by atoms with E-state index in [9.17, 15) is 0 Å². The first-order valence-corrected chi connectivity index (χ1v) is 9.04. The SMILES string of the molecule is CCCCCCCCC1(CNCCC)CCCCC1. The fourth-order valence-corrected chi connectivity index (χ4v) is 3.63. The van der Waals surface area contributed by atoms with Crippen LogP contribution in [-0.2, 0) is 0 Å². The normalized spacial score (nSPS) is 18.6. The molecule has 0 heterocycles. The van der Waals surface area contributed by atoms with Gasteiger partial charge in [0.05, 0.1) is 0 Å². The number of hydrogen-bond donors (Lipinski definition) is 1. The van der Waals surface area contributed by atoms with E-state index in [0.29, 0.717) is 5.41 Å². The fraction of sp³-hybridized carbons (Fsp3) is 1.00. The van der Waals surface area contributed by atoms with Crippen molar-refractivity contribution in [2.75, 3.05) is 13.1 Å². The van der Waals surface area contributed by atoms with Gasteiger partial charge in [-0.05, 0) is 37.6 Å². The maximum absolute atomic E-state index is 3.71. The second kappa shape index (κ2) is 10.7. The first-order chi connectivity index (χ1) is 9.33. The van der Waals surface area contributed by atoms with Gasteiger partial charge in [-0.3, -0.25) is 0 Å². The van der Waals surface area contributed by atoms with Gasteiger partial charge < -0.3 is 5.32 Å². The average Bonchev–Trinajstić information content (AvgIpc) is 2.44. The van der Waals surface area contributed by atoms with E-state index in [0.717, 1.165) is 0 Å². The van der Waals surface area contributed by atoms with Crippen LogP contribution in [-0.4, -0.2) is 13.1 Å². The molecule has 1 heteroatoms. The Morgan fingerprint density at radius 1 is 0.789 bits per heavy atom. The minimum Gasteiger partial charge on any atom is -0.316 e. The molecule has 0 radical (unpaired) electrons. The Bertz CT molecular complexity index is 194. The first kappa shape index (κ1) is 17.0. The highest BCUT2D eigenvalue weighted by Gasteiger charge is 2.30. The summed E-state index contributed by atoms with van der Waals surface area (Å²) in [5.41, 5.74) is 0.665. The number of unbranched alkanes of at least 4 members (excludes halogenated alkanes) is 5. The molecule has 114 valence electrons. The van der Waals surface area contributed by atoms with Gasteiger partial charge in [0.2, 0.25) is 0 Å². The molecule has 0 bridgehead atoms. The topological polar surface area (TPSA) is 12.0 Å². The second-order valence-electron chi connectivity index (χ2n) is 6.76. The predicted octanol–water partition coefficient (Wildman–Crippen LogP) is 5.69. The molecule has 0 saturated heterocycles. The van der Waals surface area contributed by atoms with Crippen LogP contribution < -0.4 is 5.32 Å². The van der Waals surface area contributed by atoms with Crippen LogP contribution in [0.15, 0.2) is 0 Å². The third-order valence-electron chi connectivity index (χ3n) is 4.90. The van der Waals surface area contributed by atoms with Crippen LogP contribution >= 0.6 is 0 Å². The largest absolute Gasteiger partial charge is 0.316 e. The van der Waals surface area contributed by atoms with E-state index in [1.807, 2.05) is 0 Å². The predicted molar refractivity (Wildman–Crippen MR) is 86.7 cm³/mol. The summed E-state index contributed by atoms with van der Waals surface area (Å²) in [7, 11) is 0. The Hall–Kier alpha value is -0.0400. The van der Waals surface area contributed by atoms with E-state index in [1.54, 1.807) is 0 Å². The highest BCUT2D eigenvalue weighted by atomic mass is 14.9. The van der Waals surface area contributed by atoms with Crippen LogP contribution in [0.1, 0.15) is 97.3 Å². The molecule has 1 rings (SSSR count). The lowest BCUT2D eigenvalue weighted by atomic mass is 9.70. The van der Waals surface area contributed by atoms with Crippen LogP contribution in [0.2, 0.25) is 0 Å². The van der Waals surface area contributed by atoms with Crippen LogP contribution in [0.5, 0.6) is 0 Å². The molecule has 0 aliphatic heterocycles. The minimum absolute atomic E-state index is 0.665. The van der Waals surface area contributed by atoms with Crippen molar-refractivity contribution in [3.8, 4) is 0 Å². The molecule has 1 fully saturated rings. The van der Waals surface area contributed by atoms with E-state index in [4.69, 9.17) is 0 Å². The standard InChI is InChI=1S/C18H37N/c1-3-5-6-7-8-10-13-18(17-19-16-4-2)14-11-9-12-15-18/h19H,3-17H2,1-2H3. The monoisotopic (exact) mass is 267 g/mol. The maximum Gasteiger partial charge on any atom is 0.000780 e. The summed E-state index contributed by atoms with van der Waals surface area (Å²) in [6.07, 6.45) is 18.8. The second-order valence-corrected chi connectivity index (χ2v) is 6.76. The Morgan fingerprint density at radius 2 is 1.47 bits per heavy atom. The average molecular weight is 268 g/mol. The molecule has 1 saturated carbocycles. The molecular weight excluding hydrogens is 230 g/mol. The molecule has 0 unspecified atom stereocenters. The molecule has 1 N–H and O–H groups in total. The van der Waals surface area contributed by atoms with Crippen LogP contribution in [0.4, 0.5) is 0 Å². The molecule has 0 aromatic rings. The number of hydrogen-bond acceptors (Lipinski definition) is 1. The van der Waals surface area contributed by atoms with Crippen LogP contribution in [0.3, 0.4) is 0 Å². The number of nitrogens with one attached hydrogen (secondary N) is 1. The zero-order valence-electron chi connectivity index (χ0n) is 13.6. The molecule has 0 aromatic heterocycles. The van der Waals surface area contributed by atoms with E-state index >= 15 is 0 Å². The molecule has 1 nitrogen and oxygen atoms in total. The highest BCUT2D eigenvalue weighted by Crippen LogP contribution is 2.40. The van der Waals surface area contributed by atoms with Gasteiger partial charge in [-0.15, -0.1) is 0 Å².